The van der Waals surface area contributed by atoms with Crippen LogP contribution in [0.15, 0.2) is 0 Å². The largest absolute Gasteiger partial charge is 0.384 e. The maximum atomic E-state index is 5.16. The van der Waals surface area contributed by atoms with E-state index in [1.54, 1.807) is 7.11 Å². The first-order valence-corrected chi connectivity index (χ1v) is 5.32. The average Bonchev–Trinajstić information content (AvgIpc) is 2.06. The molecule has 3 heteroatoms. The van der Waals surface area contributed by atoms with Crippen LogP contribution in [0.4, 0.5) is 0 Å². The van der Waals surface area contributed by atoms with Crippen molar-refractivity contribution in [2.45, 2.75) is 12.8 Å². The number of hydrogen-bond acceptors (Lipinski definition) is 3. The van der Waals surface area contributed by atoms with Crippen molar-refractivity contribution < 1.29 is 4.74 Å². The Bertz CT molecular complexity index is 105. The summed E-state index contributed by atoms with van der Waals surface area (Å²) in [6.07, 6.45) is 2.65. The molecule has 0 aromatic rings. The zero-order chi connectivity index (χ0) is 8.81. The van der Waals surface area contributed by atoms with Crippen LogP contribution < -0.4 is 0 Å². The Morgan fingerprint density at radius 3 is 3.08 bits per heavy atom. The topological polar surface area (TPSA) is 12.5 Å². The SMILES string of the molecule is COCC1CCCN(CCS)C1. The zero-order valence-corrected chi connectivity index (χ0v) is 8.72. The van der Waals surface area contributed by atoms with Gasteiger partial charge < -0.3 is 9.64 Å². The molecule has 0 aromatic carbocycles. The van der Waals surface area contributed by atoms with Gasteiger partial charge in [0.1, 0.15) is 0 Å². The molecule has 0 spiro atoms. The van der Waals surface area contributed by atoms with Gasteiger partial charge in [-0.1, -0.05) is 0 Å². The molecule has 0 radical (unpaired) electrons. The number of hydrogen-bond donors (Lipinski definition) is 1. The molecular formula is C9H19NOS. The Hall–Kier alpha value is 0.270. The summed E-state index contributed by atoms with van der Waals surface area (Å²) in [6, 6.07) is 0. The quantitative estimate of drug-likeness (QED) is 0.669. The van der Waals surface area contributed by atoms with Crippen molar-refractivity contribution in [1.29, 1.82) is 0 Å². The molecule has 72 valence electrons. The van der Waals surface area contributed by atoms with Crippen molar-refractivity contribution in [1.82, 2.24) is 4.90 Å². The summed E-state index contributed by atoms with van der Waals surface area (Å²) in [7, 11) is 1.79. The molecule has 12 heavy (non-hydrogen) atoms. The van der Waals surface area contributed by atoms with Crippen LogP contribution in [0.25, 0.3) is 0 Å². The highest BCUT2D eigenvalue weighted by atomic mass is 32.1. The highest BCUT2D eigenvalue weighted by Gasteiger charge is 2.18. The second-order valence-corrected chi connectivity index (χ2v) is 3.94. The van der Waals surface area contributed by atoms with Crippen molar-refractivity contribution in [3.63, 3.8) is 0 Å². The van der Waals surface area contributed by atoms with Crippen LogP contribution in [0.1, 0.15) is 12.8 Å². The fraction of sp³-hybridized carbons (Fsp3) is 1.00. The van der Waals surface area contributed by atoms with Crippen LogP contribution in [-0.2, 0) is 4.74 Å². The zero-order valence-electron chi connectivity index (χ0n) is 7.83. The second-order valence-electron chi connectivity index (χ2n) is 3.49. The van der Waals surface area contributed by atoms with Crippen LogP contribution in [0.5, 0.6) is 0 Å². The van der Waals surface area contributed by atoms with E-state index in [2.05, 4.69) is 17.5 Å². The molecule has 1 saturated heterocycles. The maximum Gasteiger partial charge on any atom is 0.0502 e. The van der Waals surface area contributed by atoms with Crippen molar-refractivity contribution in [2.24, 2.45) is 5.92 Å². The number of likely N-dealkylation sites (tertiary alicyclic amines) is 1. The van der Waals surface area contributed by atoms with E-state index in [9.17, 15) is 0 Å². The first kappa shape index (κ1) is 10.4. The molecule has 1 aliphatic heterocycles. The molecule has 0 bridgehead atoms. The normalized spacial score (nSPS) is 26.0. The summed E-state index contributed by atoms with van der Waals surface area (Å²) in [6.45, 7) is 4.50. The number of rotatable bonds is 4. The number of thiol groups is 1. The molecule has 0 N–H and O–H groups in total. The van der Waals surface area contributed by atoms with Crippen LogP contribution in [0, 0.1) is 5.92 Å². The average molecular weight is 189 g/mol. The van der Waals surface area contributed by atoms with Crippen molar-refractivity contribution in [2.75, 3.05) is 39.1 Å². The monoisotopic (exact) mass is 189 g/mol. The van der Waals surface area contributed by atoms with Gasteiger partial charge >= 0.3 is 0 Å². The van der Waals surface area contributed by atoms with Crippen molar-refractivity contribution in [3.05, 3.63) is 0 Å². The minimum Gasteiger partial charge on any atom is -0.384 e. The van der Waals surface area contributed by atoms with E-state index in [1.165, 1.54) is 25.9 Å². The fourth-order valence-electron chi connectivity index (χ4n) is 1.87. The lowest BCUT2D eigenvalue weighted by Gasteiger charge is -2.31. The molecule has 0 saturated carbocycles. The second kappa shape index (κ2) is 5.84. The Morgan fingerprint density at radius 2 is 2.42 bits per heavy atom. The number of methoxy groups -OCH3 is 1. The van der Waals surface area contributed by atoms with Crippen LogP contribution in [0.3, 0.4) is 0 Å². The molecule has 1 fully saturated rings. The minimum absolute atomic E-state index is 0.753. The summed E-state index contributed by atoms with van der Waals surface area (Å²) in [5, 5.41) is 0. The van der Waals surface area contributed by atoms with E-state index >= 15 is 0 Å². The first-order chi connectivity index (χ1) is 5.86. The first-order valence-electron chi connectivity index (χ1n) is 4.69. The van der Waals surface area contributed by atoms with E-state index in [-0.39, 0.29) is 0 Å². The van der Waals surface area contributed by atoms with Gasteiger partial charge in [0.25, 0.3) is 0 Å². The third-order valence-electron chi connectivity index (χ3n) is 2.42. The molecule has 1 unspecified atom stereocenters. The van der Waals surface area contributed by atoms with E-state index < -0.39 is 0 Å². The van der Waals surface area contributed by atoms with Crippen LogP contribution in [-0.4, -0.2) is 44.0 Å². The Kier molecular flexibility index (Phi) is 5.04. The summed E-state index contributed by atoms with van der Waals surface area (Å²) in [5.41, 5.74) is 0. The molecule has 0 amide bonds. The number of ether oxygens (including phenoxy) is 1. The highest BCUT2D eigenvalue weighted by molar-refractivity contribution is 7.80. The lowest BCUT2D eigenvalue weighted by Crippen LogP contribution is -2.38. The molecule has 2 nitrogen and oxygen atoms in total. The summed E-state index contributed by atoms with van der Waals surface area (Å²) < 4.78 is 5.16. The predicted octanol–water partition coefficient (Wildman–Crippen LogP) is 1.27. The van der Waals surface area contributed by atoms with Crippen molar-refractivity contribution in [3.8, 4) is 0 Å². The number of piperidine rings is 1. The maximum absolute atomic E-state index is 5.16. The van der Waals surface area contributed by atoms with E-state index in [1.807, 2.05) is 0 Å². The van der Waals surface area contributed by atoms with Crippen LogP contribution >= 0.6 is 12.6 Å². The van der Waals surface area contributed by atoms with Gasteiger partial charge in [-0.3, -0.25) is 0 Å². The van der Waals surface area contributed by atoms with Gasteiger partial charge in [-0.2, -0.15) is 12.6 Å². The Morgan fingerprint density at radius 1 is 1.58 bits per heavy atom. The van der Waals surface area contributed by atoms with Gasteiger partial charge in [0.15, 0.2) is 0 Å². The standard InChI is InChI=1S/C9H19NOS/c1-11-8-9-3-2-4-10(7-9)5-6-12/h9,12H,2-8H2,1H3. The number of nitrogens with zero attached hydrogens (tertiary/aromatic N) is 1. The summed E-state index contributed by atoms with van der Waals surface area (Å²) in [4.78, 5) is 2.49. The third kappa shape index (κ3) is 3.33. The lowest BCUT2D eigenvalue weighted by molar-refractivity contribution is 0.0938. The summed E-state index contributed by atoms with van der Waals surface area (Å²) in [5.74, 6) is 1.73. The van der Waals surface area contributed by atoms with E-state index in [0.29, 0.717) is 0 Å². The van der Waals surface area contributed by atoms with Crippen molar-refractivity contribution >= 4 is 12.6 Å². The lowest BCUT2D eigenvalue weighted by atomic mass is 9.99. The molecule has 1 heterocycles. The Balaban J connectivity index is 2.20. The smallest absolute Gasteiger partial charge is 0.0502 e. The summed E-state index contributed by atoms with van der Waals surface area (Å²) >= 11 is 4.24. The Labute approximate surface area is 80.7 Å². The minimum atomic E-state index is 0.753. The van der Waals surface area contributed by atoms with Gasteiger partial charge in [-0.15, -0.1) is 0 Å². The van der Waals surface area contributed by atoms with Gasteiger partial charge in [-0.05, 0) is 25.3 Å². The molecule has 1 aliphatic rings. The highest BCUT2D eigenvalue weighted by Crippen LogP contribution is 2.16. The van der Waals surface area contributed by atoms with Gasteiger partial charge in [0, 0.05) is 26.0 Å². The van der Waals surface area contributed by atoms with Gasteiger partial charge in [0.05, 0.1) is 6.61 Å². The molecule has 0 aliphatic carbocycles. The molecule has 1 atom stereocenters. The van der Waals surface area contributed by atoms with Crippen LogP contribution in [0.2, 0.25) is 0 Å². The van der Waals surface area contributed by atoms with E-state index in [0.717, 1.165) is 24.8 Å². The van der Waals surface area contributed by atoms with Gasteiger partial charge in [-0.25, -0.2) is 0 Å². The predicted molar refractivity (Wildman–Crippen MR) is 54.9 cm³/mol. The molecular weight excluding hydrogens is 170 g/mol. The third-order valence-corrected chi connectivity index (χ3v) is 2.62. The van der Waals surface area contributed by atoms with Gasteiger partial charge in [0.2, 0.25) is 0 Å². The molecule has 0 aromatic heterocycles. The van der Waals surface area contributed by atoms with E-state index in [4.69, 9.17) is 4.74 Å². The fourth-order valence-corrected chi connectivity index (χ4v) is 2.15. The molecule has 1 rings (SSSR count).